The van der Waals surface area contributed by atoms with Crippen molar-refractivity contribution in [2.24, 2.45) is 5.92 Å². The second kappa shape index (κ2) is 9.04. The van der Waals surface area contributed by atoms with Crippen LogP contribution in [0.4, 0.5) is 0 Å². The van der Waals surface area contributed by atoms with Gasteiger partial charge in [-0.3, -0.25) is 9.59 Å². The molecular weight excluding hydrogens is 344 g/mol. The number of unbranched alkanes of at least 4 members (excludes halogenated alkanes) is 1. The molecule has 0 aliphatic carbocycles. The van der Waals surface area contributed by atoms with E-state index in [2.05, 4.69) is 6.92 Å². The third-order valence-corrected chi connectivity index (χ3v) is 5.85. The van der Waals surface area contributed by atoms with Crippen LogP contribution < -0.4 is 0 Å². The Bertz CT molecular complexity index is 740. The molecule has 1 aliphatic rings. The van der Waals surface area contributed by atoms with Gasteiger partial charge in [0.2, 0.25) is 5.12 Å². The number of carbonyl (C=O) groups is 2. The maximum absolute atomic E-state index is 12.5. The molecule has 2 aromatic rings. The maximum atomic E-state index is 12.5. The molecule has 4 heteroatoms. The quantitative estimate of drug-likeness (QED) is 0.655. The van der Waals surface area contributed by atoms with E-state index in [1.807, 2.05) is 54.6 Å². The van der Waals surface area contributed by atoms with Gasteiger partial charge in [-0.2, -0.15) is 0 Å². The topological polar surface area (TPSA) is 43.4 Å². The van der Waals surface area contributed by atoms with Gasteiger partial charge in [-0.25, -0.2) is 0 Å². The first kappa shape index (κ1) is 18.7. The molecule has 26 heavy (non-hydrogen) atoms. The largest absolute Gasteiger partial charge is 0.465 e. The first-order valence-corrected chi connectivity index (χ1v) is 10.1. The molecule has 1 fully saturated rings. The average molecular weight is 368 g/mol. The number of carbonyl (C=O) groups excluding carboxylic acids is 2. The van der Waals surface area contributed by atoms with E-state index in [0.29, 0.717) is 17.9 Å². The Kier molecular flexibility index (Phi) is 6.51. The van der Waals surface area contributed by atoms with Crippen molar-refractivity contribution in [1.82, 2.24) is 0 Å². The van der Waals surface area contributed by atoms with E-state index >= 15 is 0 Å². The van der Waals surface area contributed by atoms with E-state index in [4.69, 9.17) is 4.74 Å². The zero-order valence-electron chi connectivity index (χ0n) is 15.0. The van der Waals surface area contributed by atoms with E-state index in [-0.39, 0.29) is 22.9 Å². The third-order valence-electron chi connectivity index (χ3n) is 4.82. The molecule has 0 radical (unpaired) electrons. The molecule has 2 aromatic carbocycles. The number of ether oxygens (including phenoxy) is 1. The summed E-state index contributed by atoms with van der Waals surface area (Å²) in [7, 11) is 0. The van der Waals surface area contributed by atoms with Crippen LogP contribution in [0.1, 0.15) is 47.2 Å². The molecule has 136 valence electrons. The van der Waals surface area contributed by atoms with Crippen molar-refractivity contribution in [3.05, 3.63) is 71.3 Å². The number of thioether (sulfide) groups is 1. The molecule has 0 amide bonds. The summed E-state index contributed by atoms with van der Waals surface area (Å²) in [5.41, 5.74) is 3.05. The van der Waals surface area contributed by atoms with Gasteiger partial charge in [-0.1, -0.05) is 79.7 Å². The van der Waals surface area contributed by atoms with Crippen molar-refractivity contribution in [1.29, 1.82) is 0 Å². The maximum Gasteiger partial charge on any atom is 0.310 e. The zero-order valence-corrected chi connectivity index (χ0v) is 15.8. The van der Waals surface area contributed by atoms with Gasteiger partial charge in [-0.15, -0.1) is 0 Å². The molecule has 0 aromatic heterocycles. The van der Waals surface area contributed by atoms with E-state index in [9.17, 15) is 9.59 Å². The molecule has 0 bridgehead atoms. The fraction of sp³-hybridized carbons (Fsp3) is 0.364. The van der Waals surface area contributed by atoms with Crippen molar-refractivity contribution in [3.8, 4) is 0 Å². The van der Waals surface area contributed by atoms with E-state index in [1.54, 1.807) is 0 Å². The van der Waals surface area contributed by atoms with Crippen LogP contribution in [-0.2, 0) is 16.0 Å². The molecule has 0 spiro atoms. The summed E-state index contributed by atoms with van der Waals surface area (Å²) in [4.78, 5) is 24.6. The van der Waals surface area contributed by atoms with Crippen LogP contribution in [-0.4, -0.2) is 23.4 Å². The standard InChI is InChI=1S/C22H24O3S/c1-2-3-7-16-10-12-18(13-11-16)22(24)26-15-20-19(14-25-21(20)23)17-8-5-4-6-9-17/h4-6,8-13,19-20H,2-3,7,14-15H2,1H3. The SMILES string of the molecule is CCCCc1ccc(C(=O)SCC2C(=O)OCC2c2ccccc2)cc1. The van der Waals surface area contributed by atoms with Crippen molar-refractivity contribution < 1.29 is 14.3 Å². The molecule has 1 aliphatic heterocycles. The van der Waals surface area contributed by atoms with Crippen molar-refractivity contribution in [2.75, 3.05) is 12.4 Å². The van der Waals surface area contributed by atoms with Crippen LogP contribution >= 0.6 is 11.8 Å². The van der Waals surface area contributed by atoms with Gasteiger partial charge in [0, 0.05) is 17.2 Å². The number of cyclic esters (lactones) is 1. The highest BCUT2D eigenvalue weighted by atomic mass is 32.2. The first-order valence-electron chi connectivity index (χ1n) is 9.16. The predicted octanol–water partition coefficient (Wildman–Crippen LogP) is 4.86. The van der Waals surface area contributed by atoms with Gasteiger partial charge in [0.15, 0.2) is 0 Å². The van der Waals surface area contributed by atoms with Gasteiger partial charge in [-0.05, 0) is 24.0 Å². The lowest BCUT2D eigenvalue weighted by molar-refractivity contribution is -0.140. The Morgan fingerprint density at radius 1 is 1.12 bits per heavy atom. The lowest BCUT2D eigenvalue weighted by atomic mass is 9.90. The smallest absolute Gasteiger partial charge is 0.310 e. The normalized spacial score (nSPS) is 19.3. The van der Waals surface area contributed by atoms with Crippen LogP contribution in [0.25, 0.3) is 0 Å². The van der Waals surface area contributed by atoms with Gasteiger partial charge in [0.25, 0.3) is 0 Å². The van der Waals surface area contributed by atoms with Crippen LogP contribution in [0.2, 0.25) is 0 Å². The fourth-order valence-corrected chi connectivity index (χ4v) is 4.21. The lowest BCUT2D eigenvalue weighted by Crippen LogP contribution is -2.18. The highest BCUT2D eigenvalue weighted by Gasteiger charge is 2.38. The molecule has 2 unspecified atom stereocenters. The molecule has 2 atom stereocenters. The number of benzene rings is 2. The van der Waals surface area contributed by atoms with E-state index in [0.717, 1.165) is 24.8 Å². The molecule has 3 rings (SSSR count). The van der Waals surface area contributed by atoms with Gasteiger partial charge < -0.3 is 4.74 Å². The molecule has 3 nitrogen and oxygen atoms in total. The Balaban J connectivity index is 1.60. The fourth-order valence-electron chi connectivity index (χ4n) is 3.21. The van der Waals surface area contributed by atoms with E-state index < -0.39 is 0 Å². The molecule has 0 N–H and O–H groups in total. The minimum absolute atomic E-state index is 0.0125. The summed E-state index contributed by atoms with van der Waals surface area (Å²) in [6, 6.07) is 17.8. The lowest BCUT2D eigenvalue weighted by Gasteiger charge is -2.14. The summed E-state index contributed by atoms with van der Waals surface area (Å²) in [5, 5.41) is 0.0125. The third kappa shape index (κ3) is 4.55. The summed E-state index contributed by atoms with van der Waals surface area (Å²) < 4.78 is 5.26. The number of hydrogen-bond acceptors (Lipinski definition) is 4. The summed E-state index contributed by atoms with van der Waals surface area (Å²) >= 11 is 1.21. The summed E-state index contributed by atoms with van der Waals surface area (Å²) in [6.07, 6.45) is 3.37. The van der Waals surface area contributed by atoms with Crippen LogP contribution in [0.3, 0.4) is 0 Å². The first-order chi connectivity index (χ1) is 12.7. The van der Waals surface area contributed by atoms with Crippen molar-refractivity contribution in [2.45, 2.75) is 32.1 Å². The van der Waals surface area contributed by atoms with Gasteiger partial charge >= 0.3 is 5.97 Å². The highest BCUT2D eigenvalue weighted by molar-refractivity contribution is 8.14. The molecule has 1 heterocycles. The second-order valence-electron chi connectivity index (χ2n) is 6.65. The van der Waals surface area contributed by atoms with E-state index in [1.165, 1.54) is 17.3 Å². The summed E-state index contributed by atoms with van der Waals surface area (Å²) in [6.45, 7) is 2.57. The van der Waals surface area contributed by atoms with Crippen LogP contribution in [0.15, 0.2) is 54.6 Å². The second-order valence-corrected chi connectivity index (χ2v) is 7.65. The zero-order chi connectivity index (χ0) is 18.4. The molecular formula is C22H24O3S. The van der Waals surface area contributed by atoms with Gasteiger partial charge in [0.05, 0.1) is 12.5 Å². The minimum atomic E-state index is -0.268. The van der Waals surface area contributed by atoms with Crippen molar-refractivity contribution in [3.63, 3.8) is 0 Å². The van der Waals surface area contributed by atoms with Crippen molar-refractivity contribution >= 4 is 22.8 Å². The van der Waals surface area contributed by atoms with Crippen LogP contribution in [0, 0.1) is 5.92 Å². The summed E-state index contributed by atoms with van der Waals surface area (Å²) in [5.74, 6) is 0.0131. The number of aryl methyl sites for hydroxylation is 1. The average Bonchev–Trinajstić information content (AvgIpc) is 3.06. The Hall–Kier alpha value is -2.07. The van der Waals surface area contributed by atoms with Gasteiger partial charge in [0.1, 0.15) is 0 Å². The number of hydrogen-bond donors (Lipinski definition) is 0. The number of rotatable bonds is 7. The molecule has 1 saturated heterocycles. The Morgan fingerprint density at radius 3 is 2.54 bits per heavy atom. The number of esters is 1. The molecule has 0 saturated carbocycles. The predicted molar refractivity (Wildman–Crippen MR) is 105 cm³/mol. The minimum Gasteiger partial charge on any atom is -0.465 e. The Labute approximate surface area is 159 Å². The highest BCUT2D eigenvalue weighted by Crippen LogP contribution is 2.34. The Morgan fingerprint density at radius 2 is 1.85 bits per heavy atom. The van der Waals surface area contributed by atoms with Crippen LogP contribution in [0.5, 0.6) is 0 Å². The monoisotopic (exact) mass is 368 g/mol.